The van der Waals surface area contributed by atoms with Crippen LogP contribution in [0.1, 0.15) is 32.6 Å². The van der Waals surface area contributed by atoms with Crippen LogP contribution in [0.5, 0.6) is 0 Å². The zero-order chi connectivity index (χ0) is 15.3. The van der Waals surface area contributed by atoms with Crippen molar-refractivity contribution < 1.29 is 22.7 Å². The Bertz CT molecular complexity index is 421. The van der Waals surface area contributed by atoms with E-state index >= 15 is 0 Å². The number of halogens is 3. The molecule has 2 saturated heterocycles. The molecular weight excluding hydrogens is 285 g/mol. The molecule has 3 fully saturated rings. The van der Waals surface area contributed by atoms with E-state index in [1.807, 2.05) is 6.92 Å². The summed E-state index contributed by atoms with van der Waals surface area (Å²) in [7, 11) is 0. The van der Waals surface area contributed by atoms with Gasteiger partial charge in [0.2, 0.25) is 0 Å². The third-order valence-corrected chi connectivity index (χ3v) is 5.00. The number of hydrogen-bond donors (Lipinski definition) is 1. The molecule has 1 amide bonds. The van der Waals surface area contributed by atoms with E-state index in [1.165, 1.54) is 0 Å². The van der Waals surface area contributed by atoms with Gasteiger partial charge in [-0.05, 0) is 44.7 Å². The number of carbonyl (C=O) groups excluding carboxylic acids is 1. The summed E-state index contributed by atoms with van der Waals surface area (Å²) < 4.78 is 44.4. The minimum Gasteiger partial charge on any atom is -0.373 e. The van der Waals surface area contributed by atoms with Crippen molar-refractivity contribution in [2.24, 2.45) is 5.92 Å². The molecule has 2 heterocycles. The highest BCUT2D eigenvalue weighted by Crippen LogP contribution is 2.43. The number of rotatable bonds is 2. The maximum atomic E-state index is 12.9. The van der Waals surface area contributed by atoms with E-state index in [2.05, 4.69) is 5.32 Å². The van der Waals surface area contributed by atoms with Gasteiger partial charge >= 0.3 is 12.1 Å². The molecule has 0 aromatic rings. The molecule has 1 N–H and O–H groups in total. The van der Waals surface area contributed by atoms with Crippen LogP contribution in [0.3, 0.4) is 0 Å². The Hall–Kier alpha value is -0.820. The van der Waals surface area contributed by atoms with Crippen molar-refractivity contribution in [3.05, 3.63) is 0 Å². The van der Waals surface area contributed by atoms with Crippen molar-refractivity contribution >= 4 is 5.91 Å². The molecule has 1 spiro atoms. The molecular formula is C14H21F3N2O2. The number of hydrogen-bond acceptors (Lipinski definition) is 3. The third-order valence-electron chi connectivity index (χ3n) is 5.00. The van der Waals surface area contributed by atoms with Gasteiger partial charge in [0.05, 0.1) is 18.2 Å². The smallest absolute Gasteiger partial charge is 0.373 e. The summed E-state index contributed by atoms with van der Waals surface area (Å²) in [4.78, 5) is 12.9. The second-order valence-electron chi connectivity index (χ2n) is 6.59. The van der Waals surface area contributed by atoms with Crippen molar-refractivity contribution in [3.63, 3.8) is 0 Å². The highest BCUT2D eigenvalue weighted by Gasteiger charge is 2.55. The minimum atomic E-state index is -4.80. The fourth-order valence-electron chi connectivity index (χ4n) is 3.65. The van der Waals surface area contributed by atoms with Crippen LogP contribution in [0.4, 0.5) is 13.2 Å². The lowest BCUT2D eigenvalue weighted by molar-refractivity contribution is -0.188. The molecule has 21 heavy (non-hydrogen) atoms. The number of amides is 1. The zero-order valence-electron chi connectivity index (χ0n) is 12.1. The Morgan fingerprint density at radius 1 is 1.33 bits per heavy atom. The first-order valence-corrected chi connectivity index (χ1v) is 7.57. The molecule has 0 aromatic carbocycles. The van der Waals surface area contributed by atoms with Crippen LogP contribution in [0, 0.1) is 5.92 Å². The van der Waals surface area contributed by atoms with Gasteiger partial charge in [-0.1, -0.05) is 6.92 Å². The fraction of sp³-hybridized carbons (Fsp3) is 0.929. The van der Waals surface area contributed by atoms with Gasteiger partial charge in [-0.25, -0.2) is 0 Å². The summed E-state index contributed by atoms with van der Waals surface area (Å²) in [6, 6.07) is -0.711. The maximum absolute atomic E-state index is 12.9. The van der Waals surface area contributed by atoms with Gasteiger partial charge < -0.3 is 15.0 Å². The summed E-state index contributed by atoms with van der Waals surface area (Å²) in [5.41, 5.74) is -0.335. The Morgan fingerprint density at radius 2 is 1.95 bits per heavy atom. The highest BCUT2D eigenvalue weighted by molar-refractivity contribution is 5.83. The number of ether oxygens (including phenoxy) is 1. The first-order chi connectivity index (χ1) is 9.82. The van der Waals surface area contributed by atoms with Gasteiger partial charge in [0.1, 0.15) is 0 Å². The zero-order valence-corrected chi connectivity index (χ0v) is 12.1. The predicted molar refractivity (Wildman–Crippen MR) is 69.7 cm³/mol. The van der Waals surface area contributed by atoms with Crippen molar-refractivity contribution in [3.8, 4) is 0 Å². The molecule has 4 nitrogen and oxygen atoms in total. The Kier molecular flexibility index (Phi) is 3.68. The van der Waals surface area contributed by atoms with Crippen molar-refractivity contribution in [1.29, 1.82) is 0 Å². The fourth-order valence-corrected chi connectivity index (χ4v) is 3.65. The SMILES string of the molecule is C[C@@H]1C[C@H]1N(C(=O)C(F)(F)F)C1COC2(CCNCC2)C1. The molecule has 2 aliphatic heterocycles. The summed E-state index contributed by atoms with van der Waals surface area (Å²) in [6.07, 6.45) is -2.01. The van der Waals surface area contributed by atoms with E-state index in [0.29, 0.717) is 12.8 Å². The van der Waals surface area contributed by atoms with Crippen molar-refractivity contribution in [1.82, 2.24) is 10.2 Å². The molecule has 7 heteroatoms. The molecule has 1 aliphatic carbocycles. The summed E-state index contributed by atoms with van der Waals surface area (Å²) in [5, 5.41) is 3.23. The number of carbonyl (C=O) groups is 1. The van der Waals surface area contributed by atoms with E-state index in [1.54, 1.807) is 0 Å². The van der Waals surface area contributed by atoms with E-state index in [-0.39, 0.29) is 24.2 Å². The van der Waals surface area contributed by atoms with Gasteiger partial charge in [0, 0.05) is 6.04 Å². The maximum Gasteiger partial charge on any atom is 0.471 e. The van der Waals surface area contributed by atoms with Crippen LogP contribution in [-0.4, -0.2) is 54.4 Å². The van der Waals surface area contributed by atoms with Crippen LogP contribution in [0.25, 0.3) is 0 Å². The first-order valence-electron chi connectivity index (χ1n) is 7.57. The molecule has 3 atom stereocenters. The van der Waals surface area contributed by atoms with Crippen LogP contribution in [0.15, 0.2) is 0 Å². The lowest BCUT2D eigenvalue weighted by Gasteiger charge is -2.34. The second-order valence-corrected chi connectivity index (χ2v) is 6.59. The largest absolute Gasteiger partial charge is 0.471 e. The van der Waals surface area contributed by atoms with E-state index in [4.69, 9.17) is 4.74 Å². The van der Waals surface area contributed by atoms with E-state index < -0.39 is 18.1 Å². The molecule has 1 saturated carbocycles. The van der Waals surface area contributed by atoms with E-state index in [0.717, 1.165) is 30.8 Å². The van der Waals surface area contributed by atoms with Gasteiger partial charge in [-0.2, -0.15) is 13.2 Å². The van der Waals surface area contributed by atoms with Gasteiger partial charge in [0.15, 0.2) is 0 Å². The Labute approximate surface area is 122 Å². The Morgan fingerprint density at radius 3 is 2.48 bits per heavy atom. The molecule has 120 valence electrons. The van der Waals surface area contributed by atoms with Crippen LogP contribution in [-0.2, 0) is 9.53 Å². The molecule has 0 aromatic heterocycles. The van der Waals surface area contributed by atoms with Gasteiger partial charge in [0.25, 0.3) is 0 Å². The van der Waals surface area contributed by atoms with Gasteiger partial charge in [-0.3, -0.25) is 4.79 Å². The summed E-state index contributed by atoms with van der Waals surface area (Å²) in [5.74, 6) is -1.54. The second kappa shape index (κ2) is 5.12. The molecule has 1 unspecified atom stereocenters. The van der Waals surface area contributed by atoms with Gasteiger partial charge in [-0.15, -0.1) is 0 Å². The number of alkyl halides is 3. The average molecular weight is 306 g/mol. The highest BCUT2D eigenvalue weighted by atomic mass is 19.4. The van der Waals surface area contributed by atoms with Crippen molar-refractivity contribution in [2.75, 3.05) is 19.7 Å². The van der Waals surface area contributed by atoms with Crippen LogP contribution < -0.4 is 5.32 Å². The quantitative estimate of drug-likeness (QED) is 0.844. The number of nitrogens with zero attached hydrogens (tertiary/aromatic N) is 1. The van der Waals surface area contributed by atoms with E-state index in [9.17, 15) is 18.0 Å². The number of nitrogens with one attached hydrogen (secondary N) is 1. The normalized spacial score (nSPS) is 35.0. The summed E-state index contributed by atoms with van der Waals surface area (Å²) in [6.45, 7) is 3.75. The molecule has 0 radical (unpaired) electrons. The minimum absolute atomic E-state index is 0.154. The first kappa shape index (κ1) is 15.1. The van der Waals surface area contributed by atoms with Crippen molar-refractivity contribution in [2.45, 2.75) is 56.5 Å². The third kappa shape index (κ3) is 2.90. The topological polar surface area (TPSA) is 41.6 Å². The average Bonchev–Trinajstić information content (AvgIpc) is 2.99. The number of piperidine rings is 1. The molecule has 3 rings (SSSR count). The van der Waals surface area contributed by atoms with Crippen LogP contribution in [0.2, 0.25) is 0 Å². The summed E-state index contributed by atoms with van der Waals surface area (Å²) >= 11 is 0. The predicted octanol–water partition coefficient (Wildman–Crippen LogP) is 1.70. The molecule has 0 bridgehead atoms. The standard InChI is InChI=1S/C14H21F3N2O2/c1-9-6-11(9)19(12(20)14(15,16)17)10-7-13(21-8-10)2-4-18-5-3-13/h9-11,18H,2-8H2,1H3/t9-,10?,11-/m1/s1. The van der Waals surface area contributed by atoms with Crippen LogP contribution >= 0.6 is 0 Å². The monoisotopic (exact) mass is 306 g/mol. The Balaban J connectivity index is 1.74. The molecule has 3 aliphatic rings. The lowest BCUT2D eigenvalue weighted by Crippen LogP contribution is -2.50. The lowest BCUT2D eigenvalue weighted by atomic mass is 9.88.